The maximum Gasteiger partial charge on any atom is 0.306 e. The van der Waals surface area contributed by atoms with Gasteiger partial charge in [0.05, 0.1) is 26.4 Å². The van der Waals surface area contributed by atoms with Crippen molar-refractivity contribution >= 4 is 5.97 Å². The molecule has 0 saturated carbocycles. The van der Waals surface area contributed by atoms with Crippen LogP contribution in [0.25, 0.3) is 0 Å². The Labute approximate surface area is 514 Å². The quantitative estimate of drug-likeness (QED) is 0.0172. The van der Waals surface area contributed by atoms with E-state index in [0.29, 0.717) is 13.0 Å². The van der Waals surface area contributed by atoms with Gasteiger partial charge in [0.2, 0.25) is 0 Å². The van der Waals surface area contributed by atoms with Gasteiger partial charge in [-0.15, -0.1) is 0 Å². The predicted molar refractivity (Wildman–Crippen MR) is 344 cm³/mol. The summed E-state index contributed by atoms with van der Waals surface area (Å²) in [5.74, 6) is -0.394. The number of rotatable bonds is 53. The third-order valence-corrected chi connectivity index (χ3v) is 15.0. The molecule has 7 N–H and O–H groups in total. The predicted octanol–water partition coefficient (Wildman–Crippen LogP) is 13.6. The molecule has 2 heterocycles. The van der Waals surface area contributed by atoms with Gasteiger partial charge in [0, 0.05) is 13.0 Å². The third-order valence-electron chi connectivity index (χ3n) is 15.0. The van der Waals surface area contributed by atoms with Crippen LogP contribution in [0.4, 0.5) is 0 Å². The highest BCUT2D eigenvalue weighted by molar-refractivity contribution is 5.69. The van der Waals surface area contributed by atoms with E-state index in [4.69, 9.17) is 28.4 Å². The minimum Gasteiger partial charge on any atom is -0.457 e. The van der Waals surface area contributed by atoms with Gasteiger partial charge < -0.3 is 64.2 Å². The normalized spacial score (nSPS) is 24.0. The molecule has 2 saturated heterocycles. The van der Waals surface area contributed by atoms with Crippen LogP contribution in [0.15, 0.2) is 122 Å². The molecule has 11 atom stereocenters. The molecule has 0 aliphatic carbocycles. The Kier molecular flexibility index (Phi) is 50.8. The second kappa shape index (κ2) is 55.7. The van der Waals surface area contributed by atoms with Gasteiger partial charge in [0.1, 0.15) is 54.9 Å². The molecule has 2 aliphatic heterocycles. The molecule has 0 spiro atoms. The summed E-state index contributed by atoms with van der Waals surface area (Å²) in [5, 5.41) is 72.6. The van der Waals surface area contributed by atoms with Crippen molar-refractivity contribution in [2.75, 3.05) is 33.0 Å². The molecular formula is C71H118O14. The van der Waals surface area contributed by atoms with Crippen LogP contribution in [-0.2, 0) is 33.2 Å². The maximum absolute atomic E-state index is 13.1. The summed E-state index contributed by atoms with van der Waals surface area (Å²) in [6, 6.07) is 0. The fourth-order valence-electron chi connectivity index (χ4n) is 9.75. The number of allylic oxidation sites excluding steroid dienone is 20. The molecule has 2 aliphatic rings. The molecule has 2 rings (SSSR count). The molecule has 0 aromatic heterocycles. The average Bonchev–Trinajstić information content (AvgIpc) is 3.68. The van der Waals surface area contributed by atoms with Crippen LogP contribution in [0.3, 0.4) is 0 Å². The van der Waals surface area contributed by atoms with Crippen molar-refractivity contribution in [2.24, 2.45) is 0 Å². The van der Waals surface area contributed by atoms with Crippen molar-refractivity contribution in [3.63, 3.8) is 0 Å². The summed E-state index contributed by atoms with van der Waals surface area (Å²) >= 11 is 0. The molecule has 14 nitrogen and oxygen atoms in total. The van der Waals surface area contributed by atoms with Gasteiger partial charge in [0.25, 0.3) is 0 Å². The smallest absolute Gasteiger partial charge is 0.306 e. The zero-order valence-electron chi connectivity index (χ0n) is 52.5. The van der Waals surface area contributed by atoms with Crippen molar-refractivity contribution in [1.82, 2.24) is 0 Å². The molecule has 14 heteroatoms. The van der Waals surface area contributed by atoms with Crippen molar-refractivity contribution in [3.05, 3.63) is 122 Å². The first-order valence-electron chi connectivity index (χ1n) is 33.1. The zero-order chi connectivity index (χ0) is 61.5. The molecule has 11 unspecified atom stereocenters. The average molecular weight is 1200 g/mol. The number of hydrogen-bond acceptors (Lipinski definition) is 14. The van der Waals surface area contributed by atoms with Crippen LogP contribution >= 0.6 is 0 Å². The molecule has 0 bridgehead atoms. The second-order valence-electron chi connectivity index (χ2n) is 22.5. The Morgan fingerprint density at radius 3 is 1.14 bits per heavy atom. The summed E-state index contributed by atoms with van der Waals surface area (Å²) in [5.41, 5.74) is 0. The molecule has 0 aromatic carbocycles. The summed E-state index contributed by atoms with van der Waals surface area (Å²) in [6.07, 6.45) is 62.6. The lowest BCUT2D eigenvalue weighted by molar-refractivity contribution is -0.332. The van der Waals surface area contributed by atoms with Crippen LogP contribution in [0.2, 0.25) is 0 Å². The largest absolute Gasteiger partial charge is 0.457 e. The standard InChI is InChI=1S/C71H118O14/c1-3-5-7-9-11-13-15-17-19-21-23-25-27-29-31-33-35-37-39-41-43-45-47-49-51-53-55-80-57-60(58-81-70-69(79)67(77)65(75)62(85-70)59-82-71-68(78)66(76)64(74)61(56-72)84-71)83-63(73)54-52-50-48-46-44-42-40-38-36-34-32-30-28-26-24-22-20-18-16-14-12-10-8-6-4-2/h5-8,11-14,17-20,23-26,30,32,36,38,60-62,64-72,74-79H,3-4,9-10,15-16,21-22,27-29,31,33-35,37,39-59H2,1-2H3/b7-5-,8-6-,13-11-,14-12-,19-17-,20-18-,25-23-,26-24-,32-30-,38-36-. The lowest BCUT2D eigenvalue weighted by atomic mass is 9.98. The molecule has 0 radical (unpaired) electrons. The number of hydrogen-bond donors (Lipinski definition) is 7. The fraction of sp³-hybridized carbons (Fsp3) is 0.704. The number of ether oxygens (including phenoxy) is 6. The number of aliphatic hydroxyl groups is 7. The van der Waals surface area contributed by atoms with E-state index >= 15 is 0 Å². The topological polar surface area (TPSA) is 214 Å². The van der Waals surface area contributed by atoms with E-state index in [-0.39, 0.29) is 19.6 Å². The maximum atomic E-state index is 13.1. The van der Waals surface area contributed by atoms with E-state index in [2.05, 4.69) is 135 Å². The van der Waals surface area contributed by atoms with Crippen LogP contribution < -0.4 is 0 Å². The van der Waals surface area contributed by atoms with Crippen LogP contribution in [0.5, 0.6) is 0 Å². The van der Waals surface area contributed by atoms with E-state index < -0.39 is 86.7 Å². The van der Waals surface area contributed by atoms with E-state index in [1.165, 1.54) is 70.6 Å². The summed E-state index contributed by atoms with van der Waals surface area (Å²) in [6.45, 7) is 3.44. The van der Waals surface area contributed by atoms with Gasteiger partial charge in [-0.05, 0) is 103 Å². The lowest BCUT2D eigenvalue weighted by Crippen LogP contribution is -2.61. The molecule has 486 valence electrons. The molecular weight excluding hydrogens is 1080 g/mol. The second-order valence-corrected chi connectivity index (χ2v) is 22.5. The van der Waals surface area contributed by atoms with E-state index in [1.54, 1.807) is 0 Å². The molecule has 2 fully saturated rings. The van der Waals surface area contributed by atoms with Crippen molar-refractivity contribution in [3.8, 4) is 0 Å². The number of carbonyl (C=O) groups excluding carboxylic acids is 1. The summed E-state index contributed by atoms with van der Waals surface area (Å²) in [4.78, 5) is 13.1. The monoisotopic (exact) mass is 1190 g/mol. The lowest BCUT2D eigenvalue weighted by Gasteiger charge is -2.42. The Balaban J connectivity index is 1.67. The van der Waals surface area contributed by atoms with Crippen LogP contribution in [0, 0.1) is 0 Å². The Bertz CT molecular complexity index is 1870. The minimum absolute atomic E-state index is 0.0471. The van der Waals surface area contributed by atoms with Crippen molar-refractivity contribution in [2.45, 2.75) is 287 Å². The van der Waals surface area contributed by atoms with Gasteiger partial charge in [-0.2, -0.15) is 0 Å². The number of esters is 1. The van der Waals surface area contributed by atoms with Crippen molar-refractivity contribution < 1.29 is 69.0 Å². The number of aliphatic hydroxyl groups excluding tert-OH is 7. The highest BCUT2D eigenvalue weighted by Crippen LogP contribution is 2.27. The first-order valence-corrected chi connectivity index (χ1v) is 33.1. The van der Waals surface area contributed by atoms with E-state index in [1.807, 2.05) is 0 Å². The Morgan fingerprint density at radius 1 is 0.388 bits per heavy atom. The van der Waals surface area contributed by atoms with Gasteiger partial charge in [-0.25, -0.2) is 0 Å². The molecule has 85 heavy (non-hydrogen) atoms. The van der Waals surface area contributed by atoms with Gasteiger partial charge in [-0.3, -0.25) is 4.79 Å². The molecule has 0 amide bonds. The van der Waals surface area contributed by atoms with Crippen LogP contribution in [0.1, 0.15) is 219 Å². The van der Waals surface area contributed by atoms with E-state index in [9.17, 15) is 40.5 Å². The highest BCUT2D eigenvalue weighted by atomic mass is 16.7. The van der Waals surface area contributed by atoms with Crippen molar-refractivity contribution in [1.29, 1.82) is 0 Å². The zero-order valence-corrected chi connectivity index (χ0v) is 52.5. The Hall–Kier alpha value is -3.61. The molecule has 0 aromatic rings. The van der Waals surface area contributed by atoms with Crippen LogP contribution in [-0.4, -0.2) is 142 Å². The van der Waals surface area contributed by atoms with Gasteiger partial charge in [0.15, 0.2) is 12.6 Å². The highest BCUT2D eigenvalue weighted by Gasteiger charge is 2.47. The number of carbonyl (C=O) groups is 1. The van der Waals surface area contributed by atoms with Gasteiger partial charge in [-0.1, -0.05) is 232 Å². The summed E-state index contributed by atoms with van der Waals surface area (Å²) in [7, 11) is 0. The number of unbranched alkanes of at least 4 members (excludes halogenated alkanes) is 19. The first-order chi connectivity index (χ1) is 41.6. The SMILES string of the molecule is CC/C=C\C/C=C\C/C=C\C/C=C\C/C=C\C/C=C\CCCCCCCCC(=O)OC(COCCCCCCCCCCCCCCC/C=C\C/C=C\C/C=C\C/C=C\CC)COC1OC(COC2OC(CO)C(O)C(O)C2O)C(O)C(O)C1O. The fourth-order valence-corrected chi connectivity index (χ4v) is 9.75. The minimum atomic E-state index is -1.72. The van der Waals surface area contributed by atoms with E-state index in [0.717, 1.165) is 122 Å². The summed E-state index contributed by atoms with van der Waals surface area (Å²) < 4.78 is 34.5. The van der Waals surface area contributed by atoms with Gasteiger partial charge >= 0.3 is 5.97 Å². The third kappa shape index (κ3) is 41.3. The first kappa shape index (κ1) is 77.5. The Morgan fingerprint density at radius 2 is 0.729 bits per heavy atom.